The van der Waals surface area contributed by atoms with Crippen LogP contribution in [0.5, 0.6) is 5.75 Å². The number of hydrogen-bond donors (Lipinski definition) is 2. The van der Waals surface area contributed by atoms with Crippen LogP contribution >= 0.6 is 15.9 Å². The summed E-state index contributed by atoms with van der Waals surface area (Å²) in [5.41, 5.74) is 1.20. The largest absolute Gasteiger partial charge is 0.491 e. The second-order valence-corrected chi connectivity index (χ2v) is 4.72. The van der Waals surface area contributed by atoms with Crippen LogP contribution in [-0.4, -0.2) is 24.4 Å². The third-order valence-electron chi connectivity index (χ3n) is 2.09. The molecule has 4 heteroatoms. The molecule has 0 aliphatic carbocycles. The third kappa shape index (κ3) is 4.51. The first-order valence-corrected chi connectivity index (χ1v) is 6.18. The second kappa shape index (κ2) is 6.89. The zero-order valence-corrected chi connectivity index (χ0v) is 11.3. The van der Waals surface area contributed by atoms with E-state index in [0.29, 0.717) is 12.6 Å². The minimum atomic E-state index is 0.0360. The van der Waals surface area contributed by atoms with Crippen LogP contribution in [0.15, 0.2) is 22.7 Å². The first-order chi connectivity index (χ1) is 7.63. The summed E-state index contributed by atoms with van der Waals surface area (Å²) in [6.07, 6.45) is 0. The molecule has 0 unspecified atom stereocenters. The average Bonchev–Trinajstić information content (AvgIpc) is 2.24. The minimum absolute atomic E-state index is 0.0360. The summed E-state index contributed by atoms with van der Waals surface area (Å²) in [7, 11) is 0. The number of hydrogen-bond acceptors (Lipinski definition) is 3. The van der Waals surface area contributed by atoms with E-state index in [2.05, 4.69) is 35.1 Å². The van der Waals surface area contributed by atoms with Gasteiger partial charge in [0.1, 0.15) is 12.4 Å². The summed E-state index contributed by atoms with van der Waals surface area (Å²) in [4.78, 5) is 0. The predicted octanol–water partition coefficient (Wildman–Crippen LogP) is 2.32. The SMILES string of the molecule is CC(C)NCc1ccc(OCCO)cc1Br. The quantitative estimate of drug-likeness (QED) is 0.844. The molecular formula is C12H18BrNO2. The highest BCUT2D eigenvalue weighted by Gasteiger charge is 2.03. The van der Waals surface area contributed by atoms with Gasteiger partial charge in [0, 0.05) is 17.1 Å². The van der Waals surface area contributed by atoms with E-state index >= 15 is 0 Å². The molecule has 90 valence electrons. The van der Waals surface area contributed by atoms with E-state index in [0.717, 1.165) is 16.8 Å². The molecule has 3 nitrogen and oxygen atoms in total. The fraction of sp³-hybridized carbons (Fsp3) is 0.500. The van der Waals surface area contributed by atoms with Gasteiger partial charge in [-0.05, 0) is 17.7 Å². The third-order valence-corrected chi connectivity index (χ3v) is 2.82. The van der Waals surface area contributed by atoms with Gasteiger partial charge in [-0.2, -0.15) is 0 Å². The lowest BCUT2D eigenvalue weighted by molar-refractivity contribution is 0.201. The molecule has 0 saturated carbocycles. The molecule has 0 aliphatic heterocycles. The fourth-order valence-electron chi connectivity index (χ4n) is 1.24. The molecule has 1 aromatic carbocycles. The molecule has 1 aromatic rings. The van der Waals surface area contributed by atoms with Gasteiger partial charge < -0.3 is 15.2 Å². The van der Waals surface area contributed by atoms with E-state index in [1.54, 1.807) is 0 Å². The molecule has 0 aliphatic rings. The number of ether oxygens (including phenoxy) is 1. The zero-order chi connectivity index (χ0) is 12.0. The summed E-state index contributed by atoms with van der Waals surface area (Å²) in [5, 5.41) is 12.0. The summed E-state index contributed by atoms with van der Waals surface area (Å²) in [6, 6.07) is 6.33. The standard InChI is InChI=1S/C12H18BrNO2/c1-9(2)14-8-10-3-4-11(7-12(10)13)16-6-5-15/h3-4,7,9,14-15H,5-6,8H2,1-2H3. The molecule has 1 rings (SSSR count). The van der Waals surface area contributed by atoms with Crippen molar-refractivity contribution in [2.45, 2.75) is 26.4 Å². The van der Waals surface area contributed by atoms with E-state index in [-0.39, 0.29) is 6.61 Å². The second-order valence-electron chi connectivity index (χ2n) is 3.86. The van der Waals surface area contributed by atoms with Crippen molar-refractivity contribution in [1.82, 2.24) is 5.32 Å². The van der Waals surface area contributed by atoms with Gasteiger partial charge in [0.05, 0.1) is 6.61 Å². The monoisotopic (exact) mass is 287 g/mol. The highest BCUT2D eigenvalue weighted by atomic mass is 79.9. The van der Waals surface area contributed by atoms with Crippen molar-refractivity contribution in [1.29, 1.82) is 0 Å². The predicted molar refractivity (Wildman–Crippen MR) is 68.7 cm³/mol. The van der Waals surface area contributed by atoms with Crippen LogP contribution in [-0.2, 0) is 6.54 Å². The lowest BCUT2D eigenvalue weighted by atomic mass is 10.2. The number of rotatable bonds is 6. The van der Waals surface area contributed by atoms with Crippen LogP contribution in [0.4, 0.5) is 0 Å². The summed E-state index contributed by atoms with van der Waals surface area (Å²) >= 11 is 3.51. The first kappa shape index (κ1) is 13.5. The maximum absolute atomic E-state index is 8.65. The summed E-state index contributed by atoms with van der Waals surface area (Å²) in [6.45, 7) is 5.43. The summed E-state index contributed by atoms with van der Waals surface area (Å²) in [5.74, 6) is 0.772. The topological polar surface area (TPSA) is 41.5 Å². The minimum Gasteiger partial charge on any atom is -0.491 e. The van der Waals surface area contributed by atoms with E-state index in [9.17, 15) is 0 Å². The molecular weight excluding hydrogens is 270 g/mol. The maximum Gasteiger partial charge on any atom is 0.120 e. The maximum atomic E-state index is 8.65. The number of aliphatic hydroxyl groups excluding tert-OH is 1. The van der Waals surface area contributed by atoms with Crippen LogP contribution in [0.1, 0.15) is 19.4 Å². The molecule has 0 amide bonds. The molecule has 0 aromatic heterocycles. The molecule has 16 heavy (non-hydrogen) atoms. The Morgan fingerprint density at radius 1 is 1.44 bits per heavy atom. The number of aliphatic hydroxyl groups is 1. The Balaban J connectivity index is 2.60. The smallest absolute Gasteiger partial charge is 0.120 e. The lowest BCUT2D eigenvalue weighted by Gasteiger charge is -2.11. The Morgan fingerprint density at radius 3 is 2.75 bits per heavy atom. The van der Waals surface area contributed by atoms with Crippen molar-refractivity contribution in [2.24, 2.45) is 0 Å². The number of benzene rings is 1. The van der Waals surface area contributed by atoms with Gasteiger partial charge in [0.2, 0.25) is 0 Å². The Hall–Kier alpha value is -0.580. The van der Waals surface area contributed by atoms with Gasteiger partial charge in [-0.1, -0.05) is 35.8 Å². The van der Waals surface area contributed by atoms with Gasteiger partial charge in [-0.3, -0.25) is 0 Å². The number of nitrogens with one attached hydrogen (secondary N) is 1. The molecule has 2 N–H and O–H groups in total. The Morgan fingerprint density at radius 2 is 2.19 bits per heavy atom. The normalized spacial score (nSPS) is 10.8. The number of halogens is 1. The summed E-state index contributed by atoms with van der Waals surface area (Å²) < 4.78 is 6.34. The van der Waals surface area contributed by atoms with Crippen molar-refractivity contribution in [3.05, 3.63) is 28.2 Å². The highest BCUT2D eigenvalue weighted by Crippen LogP contribution is 2.23. The molecule has 0 heterocycles. The molecule has 0 atom stereocenters. The molecule has 0 fully saturated rings. The van der Waals surface area contributed by atoms with Gasteiger partial charge >= 0.3 is 0 Å². The van der Waals surface area contributed by atoms with Crippen molar-refractivity contribution >= 4 is 15.9 Å². The van der Waals surface area contributed by atoms with E-state index < -0.39 is 0 Å². The van der Waals surface area contributed by atoms with Gasteiger partial charge in [0.15, 0.2) is 0 Å². The molecule has 0 saturated heterocycles. The van der Waals surface area contributed by atoms with E-state index in [4.69, 9.17) is 9.84 Å². The van der Waals surface area contributed by atoms with E-state index in [1.807, 2.05) is 18.2 Å². The van der Waals surface area contributed by atoms with Crippen LogP contribution in [0, 0.1) is 0 Å². The van der Waals surface area contributed by atoms with Crippen molar-refractivity contribution in [3.63, 3.8) is 0 Å². The van der Waals surface area contributed by atoms with Crippen LogP contribution in [0.2, 0.25) is 0 Å². The fourth-order valence-corrected chi connectivity index (χ4v) is 1.74. The van der Waals surface area contributed by atoms with Crippen molar-refractivity contribution in [2.75, 3.05) is 13.2 Å². The Labute approximate surface area is 105 Å². The Bertz CT molecular complexity index is 329. The molecule has 0 radical (unpaired) electrons. The lowest BCUT2D eigenvalue weighted by Crippen LogP contribution is -2.21. The van der Waals surface area contributed by atoms with Crippen LogP contribution in [0.25, 0.3) is 0 Å². The van der Waals surface area contributed by atoms with Gasteiger partial charge in [-0.25, -0.2) is 0 Å². The van der Waals surface area contributed by atoms with Gasteiger partial charge in [0.25, 0.3) is 0 Å². The average molecular weight is 288 g/mol. The van der Waals surface area contributed by atoms with Crippen LogP contribution in [0.3, 0.4) is 0 Å². The first-order valence-electron chi connectivity index (χ1n) is 5.39. The van der Waals surface area contributed by atoms with Gasteiger partial charge in [-0.15, -0.1) is 0 Å². The van der Waals surface area contributed by atoms with Crippen molar-refractivity contribution in [3.8, 4) is 5.75 Å². The van der Waals surface area contributed by atoms with Crippen molar-refractivity contribution < 1.29 is 9.84 Å². The van der Waals surface area contributed by atoms with E-state index in [1.165, 1.54) is 5.56 Å². The molecule has 0 spiro atoms. The van der Waals surface area contributed by atoms with Crippen LogP contribution < -0.4 is 10.1 Å². The molecule has 0 bridgehead atoms. The zero-order valence-electron chi connectivity index (χ0n) is 9.66. The highest BCUT2D eigenvalue weighted by molar-refractivity contribution is 9.10. The Kier molecular flexibility index (Phi) is 5.80.